The van der Waals surface area contributed by atoms with Gasteiger partial charge in [0.05, 0.1) is 0 Å². The van der Waals surface area contributed by atoms with Crippen LogP contribution in [0.1, 0.15) is 0 Å². The van der Waals surface area contributed by atoms with Crippen LogP contribution < -0.4 is 5.48 Å². The third-order valence-corrected chi connectivity index (χ3v) is 0. The quantitative estimate of drug-likeness (QED) is 0.405. The Bertz CT molecular complexity index is 8.00. The molecule has 0 bridgehead atoms. The summed E-state index contributed by atoms with van der Waals surface area (Å²) in [5.74, 6) is 0. The molecule has 28 valence electrons. The van der Waals surface area contributed by atoms with Gasteiger partial charge in [-0.15, -0.1) is 12.4 Å². The van der Waals surface area contributed by atoms with Gasteiger partial charge in [-0.2, -0.15) is 0 Å². The van der Waals surface area contributed by atoms with Crippen molar-refractivity contribution in [2.24, 2.45) is 0 Å². The molecule has 0 aromatic carbocycles. The van der Waals surface area contributed by atoms with Gasteiger partial charge < -0.3 is 5.21 Å². The Kier molecular flexibility index (Phi) is 23.8. The molecule has 3 heteroatoms. The molecule has 0 fully saturated rings. The van der Waals surface area contributed by atoms with Crippen molar-refractivity contribution in [1.82, 2.24) is 5.48 Å². The van der Waals surface area contributed by atoms with E-state index in [0.29, 0.717) is 0 Å². The summed E-state index contributed by atoms with van der Waals surface area (Å²) in [6, 6.07) is 0. The molecule has 0 saturated heterocycles. The molecule has 2 N–H and O–H groups in total. The Morgan fingerprint density at radius 2 is 1.75 bits per heavy atom. The number of hydrogen-bond acceptors (Lipinski definition) is 2. The molecule has 0 aromatic heterocycles. The van der Waals surface area contributed by atoms with Gasteiger partial charge in [0.25, 0.3) is 0 Å². The first-order chi connectivity index (χ1) is 1.41. The first-order valence-electron chi connectivity index (χ1n) is 0.724. The Balaban J connectivity index is 0. The Morgan fingerprint density at radius 3 is 1.75 bits per heavy atom. The smallest absolute Gasteiger partial charge is 0.00929 e. The predicted octanol–water partition coefficient (Wildman–Crippen LogP) is 0.0168. The van der Waals surface area contributed by atoms with E-state index in [9.17, 15) is 0 Å². The van der Waals surface area contributed by atoms with E-state index in [0.717, 1.165) is 0 Å². The summed E-state index contributed by atoms with van der Waals surface area (Å²) in [7, 11) is 1.43. The van der Waals surface area contributed by atoms with Crippen LogP contribution in [0.4, 0.5) is 0 Å². The van der Waals surface area contributed by atoms with E-state index < -0.39 is 0 Å². The summed E-state index contributed by atoms with van der Waals surface area (Å²) in [6.45, 7) is 0. The minimum absolute atomic E-state index is 0. The lowest BCUT2D eigenvalue weighted by atomic mass is 11.6. The van der Waals surface area contributed by atoms with Crippen LogP contribution >= 0.6 is 12.4 Å². The summed E-state index contributed by atoms with van der Waals surface area (Å²) < 4.78 is 0. The fourth-order valence-electron chi connectivity index (χ4n) is 0. The van der Waals surface area contributed by atoms with Gasteiger partial charge in [-0.1, -0.05) is 0 Å². The second-order valence-corrected chi connectivity index (χ2v) is 0.224. The highest BCUT2D eigenvalue weighted by Gasteiger charge is 1.24. The molecule has 0 aliphatic rings. The van der Waals surface area contributed by atoms with Gasteiger partial charge in [0.2, 0.25) is 0 Å². The van der Waals surface area contributed by atoms with Crippen LogP contribution in [0.25, 0.3) is 0 Å². The minimum Gasteiger partial charge on any atom is -0.317 e. The molecule has 0 radical (unpaired) electrons. The lowest BCUT2D eigenvalue weighted by Gasteiger charge is -1.60. The standard InChI is InChI=1S/CH5NO.ClH/c1-2-3;/h2-3H,1H3;1H. The van der Waals surface area contributed by atoms with E-state index in [-0.39, 0.29) is 12.4 Å². The molecule has 0 unspecified atom stereocenters. The fraction of sp³-hybridized carbons (Fsp3) is 1.00. The molecule has 0 aliphatic carbocycles. The molecule has 0 aromatic rings. The molecule has 0 amide bonds. The fourth-order valence-corrected chi connectivity index (χ4v) is 0. The normalized spacial score (nSPS) is 4.50. The van der Waals surface area contributed by atoms with Crippen LogP contribution in [0.5, 0.6) is 0 Å². The van der Waals surface area contributed by atoms with Crippen molar-refractivity contribution in [3.63, 3.8) is 0 Å². The summed E-state index contributed by atoms with van der Waals surface area (Å²) in [5, 5.41) is 7.32. The summed E-state index contributed by atoms with van der Waals surface area (Å²) >= 11 is 0. The lowest BCUT2D eigenvalue weighted by molar-refractivity contribution is 0.194. The van der Waals surface area contributed by atoms with E-state index in [1.54, 1.807) is 5.48 Å². The predicted molar refractivity (Wildman–Crippen MR) is 18.1 cm³/mol. The third kappa shape index (κ3) is 73.4. The van der Waals surface area contributed by atoms with Crippen molar-refractivity contribution in [3.05, 3.63) is 0 Å². The van der Waals surface area contributed by atoms with E-state index in [4.69, 9.17) is 5.21 Å². The largest absolute Gasteiger partial charge is 0.317 e. The topological polar surface area (TPSA) is 32.3 Å². The van der Waals surface area contributed by atoms with E-state index in [2.05, 4.69) is 0 Å². The van der Waals surface area contributed by atoms with Crippen LogP contribution in [0, 0.1) is 0 Å². The van der Waals surface area contributed by atoms with Crippen LogP contribution in [0.2, 0.25) is 0 Å². The molecule has 2 nitrogen and oxygen atoms in total. The van der Waals surface area contributed by atoms with E-state index in [1.165, 1.54) is 7.05 Å². The van der Waals surface area contributed by atoms with Gasteiger partial charge in [0, 0.05) is 7.05 Å². The highest BCUT2D eigenvalue weighted by molar-refractivity contribution is 5.85. The zero-order valence-corrected chi connectivity index (χ0v) is 3.17. The monoisotopic (exact) mass is 83.0 g/mol. The maximum atomic E-state index is 7.32. The summed E-state index contributed by atoms with van der Waals surface area (Å²) in [4.78, 5) is 0. The zero-order valence-electron chi connectivity index (χ0n) is 2.36. The van der Waals surface area contributed by atoms with Crippen LogP contribution in [0.3, 0.4) is 0 Å². The average Bonchev–Trinajstić information content (AvgIpc) is 0.918. The number of nitrogens with one attached hydrogen (secondary N) is 1. The molecule has 0 spiro atoms. The summed E-state index contributed by atoms with van der Waals surface area (Å²) in [6.07, 6.45) is 0. The summed E-state index contributed by atoms with van der Waals surface area (Å²) in [5.41, 5.74) is 1.75. The van der Waals surface area contributed by atoms with Crippen molar-refractivity contribution in [2.75, 3.05) is 7.05 Å². The van der Waals surface area contributed by atoms with Crippen molar-refractivity contribution in [1.29, 1.82) is 0 Å². The number of hydrogen-bond donors (Lipinski definition) is 2. The highest BCUT2D eigenvalue weighted by Crippen LogP contribution is 0.957. The van der Waals surface area contributed by atoms with Gasteiger partial charge in [0.1, 0.15) is 0 Å². The molecular weight excluding hydrogens is 77.5 g/mol. The second-order valence-electron chi connectivity index (χ2n) is 0.224. The van der Waals surface area contributed by atoms with E-state index in [1.807, 2.05) is 0 Å². The molecular formula is CH6ClNO. The third-order valence-electron chi connectivity index (χ3n) is 0. The number of hydroxylamine groups is 1. The maximum absolute atomic E-state index is 7.32. The Hall–Kier alpha value is 0.210. The van der Waals surface area contributed by atoms with Crippen molar-refractivity contribution >= 4 is 12.4 Å². The average molecular weight is 83.5 g/mol. The van der Waals surface area contributed by atoms with Gasteiger partial charge in [-0.3, -0.25) is 0 Å². The van der Waals surface area contributed by atoms with Gasteiger partial charge in [-0.25, -0.2) is 5.48 Å². The first kappa shape index (κ1) is 8.88. The zero-order chi connectivity index (χ0) is 2.71. The molecule has 0 saturated carbocycles. The number of rotatable bonds is 0. The van der Waals surface area contributed by atoms with Crippen molar-refractivity contribution < 1.29 is 5.21 Å². The number of halogens is 1. The van der Waals surface area contributed by atoms with Gasteiger partial charge in [-0.05, 0) is 0 Å². The van der Waals surface area contributed by atoms with Crippen LogP contribution in [-0.4, -0.2) is 12.3 Å². The van der Waals surface area contributed by atoms with Gasteiger partial charge >= 0.3 is 0 Å². The molecule has 0 heterocycles. The SMILES string of the molecule is CNO.Cl. The molecule has 4 heavy (non-hydrogen) atoms. The van der Waals surface area contributed by atoms with Crippen LogP contribution in [0.15, 0.2) is 0 Å². The Morgan fingerprint density at radius 1 is 1.75 bits per heavy atom. The molecule has 0 rings (SSSR count). The molecule has 0 aliphatic heterocycles. The maximum Gasteiger partial charge on any atom is 0.00929 e. The van der Waals surface area contributed by atoms with Crippen molar-refractivity contribution in [3.8, 4) is 0 Å². The van der Waals surface area contributed by atoms with Crippen LogP contribution in [-0.2, 0) is 0 Å². The minimum atomic E-state index is 0. The lowest BCUT2D eigenvalue weighted by Crippen LogP contribution is -1.91. The molecule has 0 atom stereocenters. The second kappa shape index (κ2) is 10.7. The Labute approximate surface area is 31.2 Å². The van der Waals surface area contributed by atoms with Crippen molar-refractivity contribution in [2.45, 2.75) is 0 Å². The highest BCUT2D eigenvalue weighted by atomic mass is 35.5. The van der Waals surface area contributed by atoms with E-state index >= 15 is 0 Å². The van der Waals surface area contributed by atoms with Gasteiger partial charge in [0.15, 0.2) is 0 Å². The first-order valence-corrected chi connectivity index (χ1v) is 0.724.